The summed E-state index contributed by atoms with van der Waals surface area (Å²) in [4.78, 5) is 6.52. The summed E-state index contributed by atoms with van der Waals surface area (Å²) in [7, 11) is 1.97. The summed E-state index contributed by atoms with van der Waals surface area (Å²) in [6.45, 7) is 6.89. The molecule has 1 unspecified atom stereocenters. The van der Waals surface area contributed by atoms with Gasteiger partial charge in [-0.1, -0.05) is 46.9 Å². The number of aliphatic imine (C=N–C) groups is 1. The quantitative estimate of drug-likeness (QED) is 0.342. The van der Waals surface area contributed by atoms with Gasteiger partial charge in [0.25, 0.3) is 0 Å². The van der Waals surface area contributed by atoms with Crippen molar-refractivity contribution in [2.45, 2.75) is 30.7 Å². The summed E-state index contributed by atoms with van der Waals surface area (Å²) in [5.74, 6) is 1.25. The van der Waals surface area contributed by atoms with E-state index in [4.69, 9.17) is 39.5 Å². The van der Waals surface area contributed by atoms with Crippen LogP contribution in [0.1, 0.15) is 29.7 Å². The van der Waals surface area contributed by atoms with Gasteiger partial charge in [-0.15, -0.1) is 0 Å². The molecule has 2 aromatic rings. The molecule has 1 atom stereocenters. The number of hydrogen-bond acceptors (Lipinski definition) is 3. The Hall–Kier alpha value is -1.46. The lowest BCUT2D eigenvalue weighted by Gasteiger charge is -2.20. The zero-order chi connectivity index (χ0) is 20.2. The number of rotatable bonds is 6. The van der Waals surface area contributed by atoms with Crippen LogP contribution in [-0.2, 0) is 0 Å². The second-order valence-electron chi connectivity index (χ2n) is 6.34. The van der Waals surface area contributed by atoms with Gasteiger partial charge in [0.05, 0.1) is 12.0 Å². The minimum absolute atomic E-state index is 0.464. The standard InChI is InChI=1S/C20H23Cl3N2O2/c1-5-25(4)12-24-17-9-14(3)18(10-13(17)2)27-16-8-6-7-15(11-16)19(26)20(21,22)23/h6-12,19,26H,5H2,1-4H3/b24-12-. The summed E-state index contributed by atoms with van der Waals surface area (Å²) in [6.07, 6.45) is 0.560. The van der Waals surface area contributed by atoms with E-state index in [-0.39, 0.29) is 0 Å². The van der Waals surface area contributed by atoms with Crippen molar-refractivity contribution >= 4 is 46.8 Å². The van der Waals surface area contributed by atoms with Crippen molar-refractivity contribution in [3.8, 4) is 11.5 Å². The predicted molar refractivity (Wildman–Crippen MR) is 114 cm³/mol. The van der Waals surface area contributed by atoms with Crippen LogP contribution in [0.5, 0.6) is 11.5 Å². The lowest BCUT2D eigenvalue weighted by Crippen LogP contribution is -2.16. The van der Waals surface area contributed by atoms with E-state index in [0.717, 1.165) is 23.4 Å². The predicted octanol–water partition coefficient (Wildman–Crippen LogP) is 6.11. The van der Waals surface area contributed by atoms with E-state index < -0.39 is 9.90 Å². The highest BCUT2D eigenvalue weighted by Crippen LogP contribution is 2.41. The molecule has 0 aliphatic carbocycles. The van der Waals surface area contributed by atoms with Gasteiger partial charge in [0.2, 0.25) is 3.79 Å². The van der Waals surface area contributed by atoms with Crippen LogP contribution in [0.3, 0.4) is 0 Å². The van der Waals surface area contributed by atoms with Gasteiger partial charge in [-0.3, -0.25) is 0 Å². The number of benzene rings is 2. The van der Waals surface area contributed by atoms with Crippen LogP contribution < -0.4 is 4.74 Å². The van der Waals surface area contributed by atoms with E-state index in [1.807, 2.05) is 44.3 Å². The average Bonchev–Trinajstić information content (AvgIpc) is 2.61. The number of nitrogens with zero attached hydrogens (tertiary/aromatic N) is 2. The van der Waals surface area contributed by atoms with Crippen molar-refractivity contribution < 1.29 is 9.84 Å². The number of halogens is 3. The largest absolute Gasteiger partial charge is 0.457 e. The van der Waals surface area contributed by atoms with Gasteiger partial charge in [0.15, 0.2) is 0 Å². The molecule has 0 amide bonds. The zero-order valence-corrected chi connectivity index (χ0v) is 18.0. The van der Waals surface area contributed by atoms with Crippen LogP contribution in [0.4, 0.5) is 5.69 Å². The van der Waals surface area contributed by atoms with E-state index in [9.17, 15) is 5.11 Å². The fourth-order valence-electron chi connectivity index (χ4n) is 2.33. The molecule has 1 N–H and O–H groups in total. The van der Waals surface area contributed by atoms with Gasteiger partial charge >= 0.3 is 0 Å². The molecule has 7 heteroatoms. The van der Waals surface area contributed by atoms with Gasteiger partial charge in [-0.2, -0.15) is 0 Å². The molecule has 0 bridgehead atoms. The molecular formula is C20H23Cl3N2O2. The maximum absolute atomic E-state index is 10.1. The molecule has 2 rings (SSSR count). The number of aliphatic hydroxyl groups is 1. The first-order valence-corrected chi connectivity index (χ1v) is 9.63. The zero-order valence-electron chi connectivity index (χ0n) is 15.7. The highest BCUT2D eigenvalue weighted by molar-refractivity contribution is 6.68. The molecule has 27 heavy (non-hydrogen) atoms. The Morgan fingerprint density at radius 3 is 2.52 bits per heavy atom. The Kier molecular flexibility index (Phi) is 7.40. The second kappa shape index (κ2) is 9.16. The number of ether oxygens (including phenoxy) is 1. The first-order chi connectivity index (χ1) is 12.6. The maximum atomic E-state index is 10.1. The van der Waals surface area contributed by atoms with Crippen molar-refractivity contribution in [3.05, 3.63) is 53.1 Å². The Morgan fingerprint density at radius 1 is 1.19 bits per heavy atom. The van der Waals surface area contributed by atoms with Gasteiger partial charge in [0, 0.05) is 13.6 Å². The minimum Gasteiger partial charge on any atom is -0.457 e. The molecule has 0 fully saturated rings. The highest BCUT2D eigenvalue weighted by Gasteiger charge is 2.32. The Bertz CT molecular complexity index is 819. The summed E-state index contributed by atoms with van der Waals surface area (Å²) in [5.41, 5.74) is 3.29. The smallest absolute Gasteiger partial charge is 0.220 e. The first-order valence-electron chi connectivity index (χ1n) is 8.50. The van der Waals surface area contributed by atoms with E-state index in [2.05, 4.69) is 11.9 Å². The molecule has 0 aliphatic rings. The third kappa shape index (κ3) is 6.01. The molecule has 146 valence electrons. The van der Waals surface area contributed by atoms with Crippen LogP contribution >= 0.6 is 34.8 Å². The molecule has 0 saturated heterocycles. The lowest BCUT2D eigenvalue weighted by molar-refractivity contribution is 0.182. The van der Waals surface area contributed by atoms with Gasteiger partial charge in [-0.25, -0.2) is 4.99 Å². The Morgan fingerprint density at radius 2 is 1.89 bits per heavy atom. The SMILES string of the molecule is CCN(C)/C=N\c1cc(C)c(Oc2cccc(C(O)C(Cl)(Cl)Cl)c2)cc1C. The van der Waals surface area contributed by atoms with Crippen molar-refractivity contribution in [3.63, 3.8) is 0 Å². The van der Waals surface area contributed by atoms with Gasteiger partial charge in [0.1, 0.15) is 17.6 Å². The number of aliphatic hydroxyl groups excluding tert-OH is 1. The van der Waals surface area contributed by atoms with E-state index in [1.54, 1.807) is 24.3 Å². The molecule has 0 saturated carbocycles. The van der Waals surface area contributed by atoms with E-state index >= 15 is 0 Å². The number of aryl methyl sites for hydroxylation is 2. The molecule has 4 nitrogen and oxygen atoms in total. The second-order valence-corrected chi connectivity index (χ2v) is 8.71. The molecule has 0 heterocycles. The number of hydrogen-bond donors (Lipinski definition) is 1. The summed E-state index contributed by atoms with van der Waals surface area (Å²) in [6, 6.07) is 10.8. The first kappa shape index (κ1) is 21.8. The summed E-state index contributed by atoms with van der Waals surface area (Å²) >= 11 is 17.3. The van der Waals surface area contributed by atoms with Crippen LogP contribution in [0.2, 0.25) is 0 Å². The summed E-state index contributed by atoms with van der Waals surface area (Å²) < 4.78 is 4.18. The Balaban J connectivity index is 2.26. The van der Waals surface area contributed by atoms with Crippen LogP contribution in [0, 0.1) is 13.8 Å². The fraction of sp³-hybridized carbons (Fsp3) is 0.350. The monoisotopic (exact) mass is 428 g/mol. The van der Waals surface area contributed by atoms with Crippen molar-refractivity contribution in [1.29, 1.82) is 0 Å². The lowest BCUT2D eigenvalue weighted by atomic mass is 10.1. The van der Waals surface area contributed by atoms with Crippen LogP contribution in [0.15, 0.2) is 41.4 Å². The van der Waals surface area contributed by atoms with Crippen molar-refractivity contribution in [2.75, 3.05) is 13.6 Å². The van der Waals surface area contributed by atoms with E-state index in [1.165, 1.54) is 0 Å². The minimum atomic E-state index is -1.81. The molecule has 0 radical (unpaired) electrons. The molecule has 2 aromatic carbocycles. The Labute approximate surface area is 175 Å². The molecular weight excluding hydrogens is 407 g/mol. The topological polar surface area (TPSA) is 45.1 Å². The van der Waals surface area contributed by atoms with Gasteiger partial charge < -0.3 is 14.7 Å². The third-order valence-electron chi connectivity index (χ3n) is 4.10. The van der Waals surface area contributed by atoms with Crippen LogP contribution in [-0.4, -0.2) is 33.7 Å². The molecule has 0 aliphatic heterocycles. The van der Waals surface area contributed by atoms with Gasteiger partial charge in [-0.05, 0) is 61.7 Å². The fourth-order valence-corrected chi connectivity index (χ4v) is 2.71. The van der Waals surface area contributed by atoms with E-state index in [0.29, 0.717) is 17.1 Å². The molecule has 0 spiro atoms. The number of alkyl halides is 3. The average molecular weight is 430 g/mol. The normalized spacial score (nSPS) is 13.0. The van der Waals surface area contributed by atoms with Crippen molar-refractivity contribution in [2.24, 2.45) is 4.99 Å². The van der Waals surface area contributed by atoms with Crippen LogP contribution in [0.25, 0.3) is 0 Å². The van der Waals surface area contributed by atoms with Crippen molar-refractivity contribution in [1.82, 2.24) is 4.90 Å². The summed E-state index contributed by atoms with van der Waals surface area (Å²) in [5, 5.41) is 10.1. The maximum Gasteiger partial charge on any atom is 0.220 e. The third-order valence-corrected chi connectivity index (χ3v) is 4.72. The highest BCUT2D eigenvalue weighted by atomic mass is 35.6. The molecule has 0 aromatic heterocycles.